The third-order valence-corrected chi connectivity index (χ3v) is 4.51. The lowest BCUT2D eigenvalue weighted by molar-refractivity contribution is 0.617. The van der Waals surface area contributed by atoms with Crippen molar-refractivity contribution in [2.24, 2.45) is 0 Å². The second kappa shape index (κ2) is 7.29. The molecule has 3 rings (SSSR count). The summed E-state index contributed by atoms with van der Waals surface area (Å²) in [6.07, 6.45) is 6.95. The molecule has 0 unspecified atom stereocenters. The molecule has 0 amide bonds. The van der Waals surface area contributed by atoms with Crippen molar-refractivity contribution in [3.8, 4) is 0 Å². The molecular weight excluding hydrogens is 420 g/mol. The van der Waals surface area contributed by atoms with Crippen molar-refractivity contribution in [3.05, 3.63) is 62.6 Å². The predicted molar refractivity (Wildman–Crippen MR) is 103 cm³/mol. The van der Waals surface area contributed by atoms with Crippen LogP contribution in [0, 0.1) is 9.39 Å². The summed E-state index contributed by atoms with van der Waals surface area (Å²) in [5.41, 5.74) is 0.758. The third kappa shape index (κ3) is 3.43. The Morgan fingerprint density at radius 2 is 2.08 bits per heavy atom. The lowest BCUT2D eigenvalue weighted by Crippen LogP contribution is -2.20. The van der Waals surface area contributed by atoms with Gasteiger partial charge in [0.1, 0.15) is 5.82 Å². The second-order valence-electron chi connectivity index (χ2n) is 5.57. The second-order valence-corrected chi connectivity index (χ2v) is 6.81. The molecule has 0 radical (unpaired) electrons. The fraction of sp³-hybridized carbons (Fsp3) is 0.222. The number of aryl methyl sites for hydroxylation is 1. The number of rotatable bonds is 5. The molecule has 0 saturated heterocycles. The van der Waals surface area contributed by atoms with Crippen LogP contribution in [0.4, 0.5) is 15.8 Å². The van der Waals surface area contributed by atoms with Gasteiger partial charge in [0.25, 0.3) is 5.56 Å². The van der Waals surface area contributed by atoms with E-state index in [1.807, 2.05) is 12.1 Å². The van der Waals surface area contributed by atoms with Gasteiger partial charge in [0.2, 0.25) is 0 Å². The van der Waals surface area contributed by atoms with E-state index in [0.29, 0.717) is 23.3 Å². The maximum absolute atomic E-state index is 14.1. The lowest BCUT2D eigenvalue weighted by atomic mass is 10.2. The van der Waals surface area contributed by atoms with Crippen molar-refractivity contribution in [2.45, 2.75) is 26.3 Å². The van der Waals surface area contributed by atoms with Gasteiger partial charge in [-0.15, -0.1) is 0 Å². The highest BCUT2D eigenvalue weighted by Gasteiger charge is 2.11. The highest BCUT2D eigenvalue weighted by atomic mass is 127. The average molecular weight is 437 g/mol. The van der Waals surface area contributed by atoms with Gasteiger partial charge in [0, 0.05) is 27.9 Å². The summed E-state index contributed by atoms with van der Waals surface area (Å²) in [6, 6.07) is 6.79. The normalized spacial score (nSPS) is 11.0. The van der Waals surface area contributed by atoms with Gasteiger partial charge in [-0.1, -0.05) is 13.3 Å². The van der Waals surface area contributed by atoms with Crippen molar-refractivity contribution < 1.29 is 4.39 Å². The molecule has 0 aliphatic rings. The number of fused-ring (bicyclic) bond motifs is 1. The Labute approximate surface area is 152 Å². The van der Waals surface area contributed by atoms with E-state index in [2.05, 4.69) is 39.8 Å². The van der Waals surface area contributed by atoms with Gasteiger partial charge in [0.15, 0.2) is 0 Å². The number of anilines is 2. The van der Waals surface area contributed by atoms with Crippen molar-refractivity contribution >= 4 is 44.7 Å². The predicted octanol–water partition coefficient (Wildman–Crippen LogP) is 4.68. The Kier molecular flexibility index (Phi) is 5.13. The minimum Gasteiger partial charge on any atom is -0.351 e. The van der Waals surface area contributed by atoms with E-state index in [4.69, 9.17) is 0 Å². The van der Waals surface area contributed by atoms with Gasteiger partial charge in [-0.05, 0) is 53.3 Å². The van der Waals surface area contributed by atoms with E-state index in [1.165, 1.54) is 6.07 Å². The van der Waals surface area contributed by atoms with Crippen LogP contribution in [0.15, 0.2) is 47.7 Å². The summed E-state index contributed by atoms with van der Waals surface area (Å²) in [5, 5.41) is 4.28. The summed E-state index contributed by atoms with van der Waals surface area (Å²) in [6.45, 7) is 2.76. The first kappa shape index (κ1) is 16.9. The van der Waals surface area contributed by atoms with E-state index in [0.717, 1.165) is 21.8 Å². The van der Waals surface area contributed by atoms with Crippen LogP contribution in [0.5, 0.6) is 0 Å². The van der Waals surface area contributed by atoms with E-state index in [-0.39, 0.29) is 11.4 Å². The Morgan fingerprint density at radius 3 is 2.83 bits per heavy atom. The zero-order valence-corrected chi connectivity index (χ0v) is 15.4. The zero-order chi connectivity index (χ0) is 17.1. The van der Waals surface area contributed by atoms with E-state index in [1.54, 1.807) is 29.2 Å². The lowest BCUT2D eigenvalue weighted by Gasteiger charge is -2.12. The van der Waals surface area contributed by atoms with Crippen molar-refractivity contribution in [3.63, 3.8) is 0 Å². The Balaban J connectivity index is 2.08. The van der Waals surface area contributed by atoms with Crippen LogP contribution in [-0.2, 0) is 6.54 Å². The molecule has 1 aromatic carbocycles. The van der Waals surface area contributed by atoms with Crippen LogP contribution in [0.25, 0.3) is 10.8 Å². The summed E-state index contributed by atoms with van der Waals surface area (Å²) in [5.74, 6) is -0.360. The average Bonchev–Trinajstić information content (AvgIpc) is 2.57. The summed E-state index contributed by atoms with van der Waals surface area (Å²) in [7, 11) is 0. The first-order valence-corrected chi connectivity index (χ1v) is 8.87. The van der Waals surface area contributed by atoms with E-state index in [9.17, 15) is 9.18 Å². The first-order chi connectivity index (χ1) is 11.6. The molecule has 124 valence electrons. The van der Waals surface area contributed by atoms with Crippen molar-refractivity contribution in [1.29, 1.82) is 0 Å². The number of unbranched alkanes of at least 4 members (excludes halogenated alkanes) is 1. The Hall–Kier alpha value is -1.96. The highest BCUT2D eigenvalue weighted by Crippen LogP contribution is 2.25. The van der Waals surface area contributed by atoms with E-state index >= 15 is 0 Å². The number of benzene rings is 1. The summed E-state index contributed by atoms with van der Waals surface area (Å²) in [4.78, 5) is 16.9. The maximum Gasteiger partial charge on any atom is 0.260 e. The number of nitrogens with one attached hydrogen (secondary N) is 1. The van der Waals surface area contributed by atoms with Crippen LogP contribution in [0.1, 0.15) is 19.8 Å². The molecule has 0 atom stereocenters. The largest absolute Gasteiger partial charge is 0.351 e. The number of pyridine rings is 2. The van der Waals surface area contributed by atoms with Crippen LogP contribution in [-0.4, -0.2) is 9.55 Å². The van der Waals surface area contributed by atoms with Crippen LogP contribution < -0.4 is 10.9 Å². The molecule has 0 aliphatic heterocycles. The topological polar surface area (TPSA) is 46.9 Å². The van der Waals surface area contributed by atoms with E-state index < -0.39 is 0 Å². The molecule has 2 aromatic heterocycles. The standard InChI is InChI=1S/C18H17FIN3O/c1-2-3-7-23-8-6-12-10-21-11-16(17(12)18(23)24)22-15-5-4-13(20)9-14(15)19/h4-6,8-11,22H,2-3,7H2,1H3. The van der Waals surface area contributed by atoms with Gasteiger partial charge in [-0.25, -0.2) is 4.39 Å². The van der Waals surface area contributed by atoms with Crippen molar-refractivity contribution in [2.75, 3.05) is 5.32 Å². The molecular formula is C18H17FIN3O. The highest BCUT2D eigenvalue weighted by molar-refractivity contribution is 14.1. The summed E-state index contributed by atoms with van der Waals surface area (Å²) >= 11 is 2.06. The molecule has 1 N–H and O–H groups in total. The minimum atomic E-state index is -0.360. The molecule has 0 aliphatic carbocycles. The molecule has 0 bridgehead atoms. The van der Waals surface area contributed by atoms with Gasteiger partial charge in [-0.2, -0.15) is 0 Å². The molecule has 4 nitrogen and oxygen atoms in total. The zero-order valence-electron chi connectivity index (χ0n) is 13.2. The number of hydrogen-bond acceptors (Lipinski definition) is 3. The smallest absolute Gasteiger partial charge is 0.260 e. The third-order valence-electron chi connectivity index (χ3n) is 3.84. The van der Waals surface area contributed by atoms with Crippen LogP contribution in [0.3, 0.4) is 0 Å². The summed E-state index contributed by atoms with van der Waals surface area (Å²) < 4.78 is 16.6. The SMILES string of the molecule is CCCCn1ccc2cncc(Nc3ccc(I)cc3F)c2c1=O. The molecule has 3 aromatic rings. The van der Waals surface area contributed by atoms with Gasteiger partial charge in [0.05, 0.1) is 23.0 Å². The number of nitrogens with zero attached hydrogens (tertiary/aromatic N) is 2. The number of hydrogen-bond donors (Lipinski definition) is 1. The molecule has 0 saturated carbocycles. The fourth-order valence-electron chi connectivity index (χ4n) is 2.56. The molecule has 24 heavy (non-hydrogen) atoms. The maximum atomic E-state index is 14.1. The quantitative estimate of drug-likeness (QED) is 0.590. The van der Waals surface area contributed by atoms with Crippen LogP contribution >= 0.6 is 22.6 Å². The fourth-order valence-corrected chi connectivity index (χ4v) is 3.01. The monoisotopic (exact) mass is 437 g/mol. The Bertz CT molecular complexity index is 939. The minimum absolute atomic E-state index is 0.0863. The molecule has 0 fully saturated rings. The molecule has 6 heteroatoms. The molecule has 0 spiro atoms. The van der Waals surface area contributed by atoms with Gasteiger partial charge < -0.3 is 9.88 Å². The van der Waals surface area contributed by atoms with Crippen LogP contribution in [0.2, 0.25) is 0 Å². The molecule has 2 heterocycles. The Morgan fingerprint density at radius 1 is 1.25 bits per heavy atom. The van der Waals surface area contributed by atoms with Crippen molar-refractivity contribution in [1.82, 2.24) is 9.55 Å². The first-order valence-electron chi connectivity index (χ1n) is 7.79. The van der Waals surface area contributed by atoms with Gasteiger partial charge >= 0.3 is 0 Å². The van der Waals surface area contributed by atoms with Gasteiger partial charge in [-0.3, -0.25) is 9.78 Å². The number of aromatic nitrogens is 2. The number of halogens is 2.